The van der Waals surface area contributed by atoms with Crippen LogP contribution in [0.1, 0.15) is 10.4 Å². The number of nitrogens with one attached hydrogen (secondary N) is 3. The number of rotatable bonds is 4. The molecule has 0 fully saturated rings. The Morgan fingerprint density at radius 3 is 2.48 bits per heavy atom. The maximum Gasteiger partial charge on any atom is 0.269 e. The highest BCUT2D eigenvalue weighted by Gasteiger charge is 2.08. The average molecular weight is 442 g/mol. The van der Waals surface area contributed by atoms with E-state index < -0.39 is 4.92 Å². The number of amides is 1. The zero-order valence-corrected chi connectivity index (χ0v) is 14.6. The summed E-state index contributed by atoms with van der Waals surface area (Å²) in [5.74, 6) is -0.327. The van der Waals surface area contributed by atoms with Crippen molar-refractivity contribution in [3.8, 4) is 0 Å². The highest BCUT2D eigenvalue weighted by atomic mass is 127. The van der Waals surface area contributed by atoms with Crippen LogP contribution >= 0.6 is 34.8 Å². The molecule has 9 heteroatoms. The number of carbonyl (C=O) groups is 1. The van der Waals surface area contributed by atoms with Crippen molar-refractivity contribution < 1.29 is 9.72 Å². The lowest BCUT2D eigenvalue weighted by Crippen LogP contribution is -2.41. The Kier molecular flexibility index (Phi) is 5.82. The molecular formula is C14H11IN4O3S. The molecule has 0 radical (unpaired) electrons. The minimum absolute atomic E-state index is 0.00916. The molecule has 23 heavy (non-hydrogen) atoms. The summed E-state index contributed by atoms with van der Waals surface area (Å²) in [6, 6.07) is 12.8. The molecule has 0 aliphatic carbocycles. The molecule has 0 unspecified atom stereocenters. The first-order valence-corrected chi connectivity index (χ1v) is 7.82. The van der Waals surface area contributed by atoms with E-state index in [1.165, 1.54) is 24.3 Å². The predicted octanol–water partition coefficient (Wildman–Crippen LogP) is 2.83. The van der Waals surface area contributed by atoms with E-state index in [0.29, 0.717) is 11.3 Å². The first-order valence-electron chi connectivity index (χ1n) is 6.33. The van der Waals surface area contributed by atoms with Crippen molar-refractivity contribution in [3.63, 3.8) is 0 Å². The molecule has 2 rings (SSSR count). The molecule has 0 bridgehead atoms. The lowest BCUT2D eigenvalue weighted by atomic mass is 10.2. The van der Waals surface area contributed by atoms with E-state index in [1.807, 2.05) is 6.07 Å². The molecule has 0 aromatic heterocycles. The Balaban J connectivity index is 1.87. The van der Waals surface area contributed by atoms with Crippen molar-refractivity contribution in [3.05, 3.63) is 67.8 Å². The largest absolute Gasteiger partial charge is 0.299 e. The monoisotopic (exact) mass is 442 g/mol. The molecule has 0 aliphatic heterocycles. The molecule has 0 saturated heterocycles. The standard InChI is InChI=1S/C14H11IN4O3S/c15-10-3-1-2-9(8-10)13(20)16-14(23)18-17-11-4-6-12(7-5-11)19(21)22/h1-8,17H,(H2,16,18,20,23). The van der Waals surface area contributed by atoms with E-state index in [9.17, 15) is 14.9 Å². The molecule has 7 nitrogen and oxygen atoms in total. The van der Waals surface area contributed by atoms with Crippen LogP contribution in [0.2, 0.25) is 0 Å². The number of hydrazine groups is 1. The van der Waals surface area contributed by atoms with Crippen LogP contribution in [0, 0.1) is 13.7 Å². The number of hydrogen-bond donors (Lipinski definition) is 3. The molecule has 0 atom stereocenters. The number of halogens is 1. The fourth-order valence-electron chi connectivity index (χ4n) is 1.63. The second-order valence-corrected chi connectivity index (χ2v) is 6.00. The van der Waals surface area contributed by atoms with Gasteiger partial charge in [0.15, 0.2) is 5.11 Å². The van der Waals surface area contributed by atoms with Crippen LogP contribution < -0.4 is 16.2 Å². The van der Waals surface area contributed by atoms with Crippen molar-refractivity contribution in [1.29, 1.82) is 0 Å². The highest BCUT2D eigenvalue weighted by molar-refractivity contribution is 14.1. The van der Waals surface area contributed by atoms with Gasteiger partial charge in [-0.15, -0.1) is 0 Å². The lowest BCUT2D eigenvalue weighted by molar-refractivity contribution is -0.384. The molecule has 0 spiro atoms. The summed E-state index contributed by atoms with van der Waals surface area (Å²) in [5, 5.41) is 13.2. The van der Waals surface area contributed by atoms with Gasteiger partial charge in [-0.1, -0.05) is 6.07 Å². The van der Waals surface area contributed by atoms with Crippen molar-refractivity contribution in [2.24, 2.45) is 0 Å². The van der Waals surface area contributed by atoms with E-state index >= 15 is 0 Å². The topological polar surface area (TPSA) is 96.3 Å². The Labute approximate surface area is 150 Å². The maximum atomic E-state index is 12.0. The molecular weight excluding hydrogens is 431 g/mol. The third-order valence-electron chi connectivity index (χ3n) is 2.71. The number of carbonyl (C=O) groups excluding carboxylic acids is 1. The van der Waals surface area contributed by atoms with E-state index in [1.54, 1.807) is 18.2 Å². The number of nitrogens with zero attached hydrogens (tertiary/aromatic N) is 1. The summed E-state index contributed by atoms with van der Waals surface area (Å²) in [6.07, 6.45) is 0. The number of benzene rings is 2. The number of thiocarbonyl (C=S) groups is 1. The van der Waals surface area contributed by atoms with Gasteiger partial charge in [0, 0.05) is 21.3 Å². The van der Waals surface area contributed by atoms with Crippen LogP contribution in [0.25, 0.3) is 0 Å². The summed E-state index contributed by atoms with van der Waals surface area (Å²) in [4.78, 5) is 22.1. The zero-order chi connectivity index (χ0) is 16.8. The number of nitro benzene ring substituents is 1. The van der Waals surface area contributed by atoms with Gasteiger partial charge in [0.25, 0.3) is 11.6 Å². The van der Waals surface area contributed by atoms with Gasteiger partial charge in [0.1, 0.15) is 0 Å². The Hall–Kier alpha value is -2.27. The van der Waals surface area contributed by atoms with Crippen LogP contribution in [-0.4, -0.2) is 15.9 Å². The normalized spacial score (nSPS) is 9.78. The van der Waals surface area contributed by atoms with E-state index in [-0.39, 0.29) is 16.7 Å². The quantitative estimate of drug-likeness (QED) is 0.292. The zero-order valence-electron chi connectivity index (χ0n) is 11.6. The molecule has 2 aromatic carbocycles. The molecule has 3 N–H and O–H groups in total. The number of non-ortho nitro benzene ring substituents is 1. The third kappa shape index (κ3) is 5.14. The minimum Gasteiger partial charge on any atom is -0.299 e. The van der Waals surface area contributed by atoms with Crippen LogP contribution in [0.15, 0.2) is 48.5 Å². The maximum absolute atomic E-state index is 12.0. The van der Waals surface area contributed by atoms with Gasteiger partial charge in [-0.3, -0.25) is 31.1 Å². The number of nitro groups is 1. The van der Waals surface area contributed by atoms with E-state index in [2.05, 4.69) is 38.8 Å². The Morgan fingerprint density at radius 2 is 1.87 bits per heavy atom. The van der Waals surface area contributed by atoms with Crippen molar-refractivity contribution >= 4 is 57.2 Å². The van der Waals surface area contributed by atoms with Crippen LogP contribution in [-0.2, 0) is 0 Å². The second-order valence-electron chi connectivity index (χ2n) is 4.35. The first-order chi connectivity index (χ1) is 11.0. The van der Waals surface area contributed by atoms with Crippen LogP contribution in [0.4, 0.5) is 11.4 Å². The summed E-state index contributed by atoms with van der Waals surface area (Å²) in [7, 11) is 0. The van der Waals surface area contributed by atoms with E-state index in [4.69, 9.17) is 12.2 Å². The minimum atomic E-state index is -0.483. The Morgan fingerprint density at radius 1 is 1.17 bits per heavy atom. The SMILES string of the molecule is O=C(NC(=S)NNc1ccc([N+](=O)[O-])cc1)c1cccc(I)c1. The van der Waals surface area contributed by atoms with Crippen molar-refractivity contribution in [2.45, 2.75) is 0 Å². The van der Waals surface area contributed by atoms with Gasteiger partial charge >= 0.3 is 0 Å². The average Bonchev–Trinajstić information content (AvgIpc) is 2.53. The molecule has 118 valence electrons. The van der Waals surface area contributed by atoms with Gasteiger partial charge < -0.3 is 0 Å². The second kappa shape index (κ2) is 7.83. The lowest BCUT2D eigenvalue weighted by Gasteiger charge is -2.11. The van der Waals surface area contributed by atoms with Crippen LogP contribution in [0.5, 0.6) is 0 Å². The van der Waals surface area contributed by atoms with Gasteiger partial charge in [-0.2, -0.15) is 0 Å². The molecule has 0 aliphatic rings. The number of anilines is 1. The van der Waals surface area contributed by atoms with Gasteiger partial charge in [0.05, 0.1) is 10.6 Å². The molecule has 2 aromatic rings. The van der Waals surface area contributed by atoms with Gasteiger partial charge in [-0.25, -0.2) is 0 Å². The summed E-state index contributed by atoms with van der Waals surface area (Å²) in [5.41, 5.74) is 6.45. The first kappa shape index (κ1) is 17.1. The summed E-state index contributed by atoms with van der Waals surface area (Å²) >= 11 is 7.13. The molecule has 0 heterocycles. The molecule has 0 saturated carbocycles. The van der Waals surface area contributed by atoms with Crippen molar-refractivity contribution in [1.82, 2.24) is 10.7 Å². The highest BCUT2D eigenvalue weighted by Crippen LogP contribution is 2.14. The molecule has 1 amide bonds. The van der Waals surface area contributed by atoms with Crippen LogP contribution in [0.3, 0.4) is 0 Å². The Bertz CT molecular complexity index is 752. The smallest absolute Gasteiger partial charge is 0.269 e. The third-order valence-corrected chi connectivity index (χ3v) is 3.59. The fraction of sp³-hybridized carbons (Fsp3) is 0. The van der Waals surface area contributed by atoms with Gasteiger partial charge in [0.2, 0.25) is 0 Å². The fourth-order valence-corrected chi connectivity index (χ4v) is 2.32. The van der Waals surface area contributed by atoms with E-state index in [0.717, 1.165) is 3.57 Å². The predicted molar refractivity (Wildman–Crippen MR) is 99.1 cm³/mol. The number of hydrogen-bond acceptors (Lipinski definition) is 5. The van der Waals surface area contributed by atoms with Gasteiger partial charge in [-0.05, 0) is 65.1 Å². The summed E-state index contributed by atoms with van der Waals surface area (Å²) < 4.78 is 0.943. The summed E-state index contributed by atoms with van der Waals surface area (Å²) in [6.45, 7) is 0. The van der Waals surface area contributed by atoms with Crippen molar-refractivity contribution in [2.75, 3.05) is 5.43 Å².